The minimum absolute atomic E-state index is 0.00925. The highest BCUT2D eigenvalue weighted by atomic mass is 35.5. The predicted molar refractivity (Wildman–Crippen MR) is 181 cm³/mol. The molecule has 8 nitrogen and oxygen atoms in total. The van der Waals surface area contributed by atoms with Gasteiger partial charge < -0.3 is 14.5 Å². The number of thiazole rings is 1. The van der Waals surface area contributed by atoms with E-state index >= 15 is 0 Å². The average molecular weight is 708 g/mol. The minimum atomic E-state index is -0.476. The molecule has 240 valence electrons. The van der Waals surface area contributed by atoms with E-state index in [1.165, 1.54) is 16.2 Å². The Bertz CT molecular complexity index is 1980. The fourth-order valence-corrected chi connectivity index (χ4v) is 11.4. The lowest BCUT2D eigenvalue weighted by Crippen LogP contribution is -2.42. The minimum Gasteiger partial charge on any atom is -0.489 e. The number of aromatic nitrogens is 1. The second-order valence-corrected chi connectivity index (χ2v) is 15.4. The van der Waals surface area contributed by atoms with Gasteiger partial charge in [-0.2, -0.15) is 0 Å². The fraction of sp³-hybridized carbons (Fsp3) is 0.314. The Morgan fingerprint density at radius 1 is 0.936 bits per heavy atom. The van der Waals surface area contributed by atoms with Gasteiger partial charge in [0.1, 0.15) is 12.4 Å². The van der Waals surface area contributed by atoms with Crippen LogP contribution in [0.3, 0.4) is 0 Å². The molecule has 4 aliphatic rings. The molecule has 12 heteroatoms. The number of aromatic amines is 1. The molecular weight excluding hydrogens is 679 g/mol. The molecule has 1 N–H and O–H groups in total. The van der Waals surface area contributed by atoms with Gasteiger partial charge in [0.2, 0.25) is 11.8 Å². The highest BCUT2D eigenvalue weighted by Gasteiger charge is 2.69. The second-order valence-electron chi connectivity index (χ2n) is 12.3. The van der Waals surface area contributed by atoms with Gasteiger partial charge in [-0.1, -0.05) is 46.7 Å². The largest absolute Gasteiger partial charge is 0.489 e. The van der Waals surface area contributed by atoms with Crippen molar-refractivity contribution in [2.24, 2.45) is 29.6 Å². The van der Waals surface area contributed by atoms with Crippen LogP contribution in [0.4, 0.5) is 5.69 Å². The third kappa shape index (κ3) is 5.03. The zero-order chi connectivity index (χ0) is 32.6. The highest BCUT2D eigenvalue weighted by molar-refractivity contribution is 8.00. The van der Waals surface area contributed by atoms with E-state index in [-0.39, 0.29) is 52.2 Å². The zero-order valence-corrected chi connectivity index (χ0v) is 28.1. The third-order valence-corrected chi connectivity index (χ3v) is 13.1. The van der Waals surface area contributed by atoms with Crippen LogP contribution in [-0.2, 0) is 20.9 Å². The van der Waals surface area contributed by atoms with E-state index < -0.39 is 17.8 Å². The Labute approximate surface area is 288 Å². The maximum absolute atomic E-state index is 14.2. The smallest absolute Gasteiger partial charge is 0.338 e. The van der Waals surface area contributed by atoms with Gasteiger partial charge >= 0.3 is 10.8 Å². The summed E-state index contributed by atoms with van der Waals surface area (Å²) in [6.45, 7) is 2.30. The van der Waals surface area contributed by atoms with Gasteiger partial charge in [-0.05, 0) is 91.3 Å². The first-order chi connectivity index (χ1) is 22.7. The molecular formula is C35H28Cl2N2O6S2. The molecule has 3 aromatic carbocycles. The van der Waals surface area contributed by atoms with E-state index in [1.54, 1.807) is 49.0 Å². The van der Waals surface area contributed by atoms with E-state index in [9.17, 15) is 19.2 Å². The Morgan fingerprint density at radius 3 is 2.36 bits per heavy atom. The summed E-state index contributed by atoms with van der Waals surface area (Å²) >= 11 is 15.5. The standard InChI is InChI=1S/C35H28Cl2N2O6S2/c1-2-44-34(42)17-5-10-20(11-6-17)39-32(40)27-22-14-23(28(27)33(39)41)29-26(22)25(30-31(46-29)38-35(43)47-30)21-13-19(37)9-12-24(21)45-15-16-3-7-18(36)8-4-16/h3-13,22-23,25-29H,2,14-15H2,1H3,(H,38,43)/t22-,23-,25+,26+,27+,28+,29-/m1/s1. The predicted octanol–water partition coefficient (Wildman–Crippen LogP) is 7.18. The number of benzene rings is 3. The van der Waals surface area contributed by atoms with Crippen molar-refractivity contribution in [2.75, 3.05) is 11.5 Å². The second kappa shape index (κ2) is 11.8. The summed E-state index contributed by atoms with van der Waals surface area (Å²) in [5.41, 5.74) is 2.62. The highest BCUT2D eigenvalue weighted by Crippen LogP contribution is 2.69. The zero-order valence-electron chi connectivity index (χ0n) is 25.0. The number of imide groups is 1. The summed E-state index contributed by atoms with van der Waals surface area (Å²) in [7, 11) is 0. The summed E-state index contributed by atoms with van der Waals surface area (Å²) in [6, 6.07) is 19.5. The van der Waals surface area contributed by atoms with Crippen LogP contribution in [0.5, 0.6) is 5.75 Å². The molecule has 47 heavy (non-hydrogen) atoms. The van der Waals surface area contributed by atoms with E-state index in [1.807, 2.05) is 36.4 Å². The molecule has 7 atom stereocenters. The number of ether oxygens (including phenoxy) is 2. The van der Waals surface area contributed by atoms with E-state index in [4.69, 9.17) is 32.7 Å². The lowest BCUT2D eigenvalue weighted by molar-refractivity contribution is -0.123. The van der Waals surface area contributed by atoms with Crippen LogP contribution >= 0.6 is 46.3 Å². The van der Waals surface area contributed by atoms with Crippen molar-refractivity contribution in [3.8, 4) is 5.75 Å². The average Bonchev–Trinajstić information content (AvgIpc) is 3.80. The molecule has 3 fully saturated rings. The molecule has 1 aromatic heterocycles. The first kappa shape index (κ1) is 30.7. The number of rotatable bonds is 7. The van der Waals surface area contributed by atoms with Crippen molar-refractivity contribution in [3.63, 3.8) is 0 Å². The van der Waals surface area contributed by atoms with Gasteiger partial charge in [0.25, 0.3) is 0 Å². The molecule has 2 aliphatic heterocycles. The monoisotopic (exact) mass is 706 g/mol. The summed E-state index contributed by atoms with van der Waals surface area (Å²) in [5, 5.41) is 2.00. The van der Waals surface area contributed by atoms with Crippen LogP contribution in [0.1, 0.15) is 45.6 Å². The Balaban J connectivity index is 1.15. The quantitative estimate of drug-likeness (QED) is 0.160. The molecule has 0 radical (unpaired) electrons. The number of amides is 2. The van der Waals surface area contributed by atoms with Gasteiger partial charge in [0.05, 0.1) is 34.7 Å². The van der Waals surface area contributed by atoms with E-state index in [2.05, 4.69) is 4.98 Å². The third-order valence-electron chi connectivity index (χ3n) is 9.98. The van der Waals surface area contributed by atoms with Crippen molar-refractivity contribution in [3.05, 3.63) is 108 Å². The van der Waals surface area contributed by atoms with Crippen molar-refractivity contribution >= 4 is 69.8 Å². The number of H-pyrrole nitrogens is 1. The molecule has 2 saturated carbocycles. The van der Waals surface area contributed by atoms with Crippen LogP contribution in [0.25, 0.3) is 0 Å². The number of nitrogens with zero attached hydrogens (tertiary/aromatic N) is 1. The molecule has 2 aliphatic carbocycles. The van der Waals surface area contributed by atoms with E-state index in [0.717, 1.165) is 27.5 Å². The van der Waals surface area contributed by atoms with Gasteiger partial charge in [-0.15, -0.1) is 11.8 Å². The lowest BCUT2D eigenvalue weighted by Gasteiger charge is -2.43. The molecule has 3 heterocycles. The molecule has 4 aromatic rings. The van der Waals surface area contributed by atoms with Crippen LogP contribution < -0.4 is 14.5 Å². The molecule has 1 saturated heterocycles. The maximum Gasteiger partial charge on any atom is 0.338 e. The number of fused-ring (bicyclic) bond motifs is 9. The first-order valence-corrected chi connectivity index (χ1v) is 17.9. The molecule has 2 bridgehead atoms. The summed E-state index contributed by atoms with van der Waals surface area (Å²) in [5.74, 6) is -1.54. The lowest BCUT2D eigenvalue weighted by atomic mass is 9.68. The van der Waals surface area contributed by atoms with E-state index in [0.29, 0.717) is 33.7 Å². The molecule has 8 rings (SSSR count). The number of anilines is 1. The Kier molecular flexibility index (Phi) is 7.74. The van der Waals surface area contributed by atoms with Crippen LogP contribution in [0, 0.1) is 29.6 Å². The van der Waals surface area contributed by atoms with Gasteiger partial charge in [-0.25, -0.2) is 4.79 Å². The van der Waals surface area contributed by atoms with Crippen LogP contribution in [0.15, 0.2) is 76.6 Å². The summed E-state index contributed by atoms with van der Waals surface area (Å²) in [4.78, 5) is 58.3. The van der Waals surface area contributed by atoms with Gasteiger partial charge in [0.15, 0.2) is 0 Å². The molecule has 0 spiro atoms. The van der Waals surface area contributed by atoms with Crippen molar-refractivity contribution < 1.29 is 23.9 Å². The topological polar surface area (TPSA) is 106 Å². The Morgan fingerprint density at radius 2 is 1.64 bits per heavy atom. The number of esters is 1. The van der Waals surface area contributed by atoms with Gasteiger partial charge in [0, 0.05) is 31.7 Å². The first-order valence-electron chi connectivity index (χ1n) is 15.4. The van der Waals surface area contributed by atoms with Gasteiger partial charge in [-0.3, -0.25) is 19.3 Å². The fourth-order valence-electron chi connectivity index (χ4n) is 8.22. The SMILES string of the molecule is CCOC(=O)c1ccc(N2C(=O)[C@H]3[C@H]4C[C@@H]([C@@H]3C2=O)[C@H]2[C@H](c3cc(Cl)ccc3OCc3ccc(Cl)cc3)c3sc(=O)[nH]c3S[C@H]42)cc1. The Hall–Kier alpha value is -3.57. The number of thioether (sulfide) groups is 1. The summed E-state index contributed by atoms with van der Waals surface area (Å²) in [6.07, 6.45) is 0.752. The molecule has 2 amide bonds. The van der Waals surface area contributed by atoms with Crippen molar-refractivity contribution in [1.29, 1.82) is 0 Å². The number of hydrogen-bond acceptors (Lipinski definition) is 8. The maximum atomic E-state index is 14.2. The number of carbonyl (C=O) groups excluding carboxylic acids is 3. The normalized spacial score (nSPS) is 27.0. The van der Waals surface area contributed by atoms with Crippen LogP contribution in [0.2, 0.25) is 10.0 Å². The number of nitrogens with one attached hydrogen (secondary N) is 1. The summed E-state index contributed by atoms with van der Waals surface area (Å²) < 4.78 is 11.5. The number of hydrogen-bond donors (Lipinski definition) is 1. The van der Waals surface area contributed by atoms with Crippen molar-refractivity contribution in [2.45, 2.75) is 36.1 Å². The molecule has 0 unspecified atom stereocenters. The number of carbonyl (C=O) groups is 3. The van der Waals surface area contributed by atoms with Crippen molar-refractivity contribution in [1.82, 2.24) is 4.98 Å². The van der Waals surface area contributed by atoms with Crippen LogP contribution in [-0.4, -0.2) is 34.6 Å². The number of halogens is 2.